The standard InChI is InChI=1S/C11H19N3O/c1-11(2,3)9-7-13-10(14-9)8-6-12-4-5-15-8/h7-8,12H,4-6H2,1-3H3,(H,13,14)/t8-/m0/s1. The van der Waals surface area contributed by atoms with Gasteiger partial charge in [-0.2, -0.15) is 0 Å². The Hall–Kier alpha value is -0.870. The van der Waals surface area contributed by atoms with E-state index < -0.39 is 0 Å². The summed E-state index contributed by atoms with van der Waals surface area (Å²) in [4.78, 5) is 7.73. The van der Waals surface area contributed by atoms with E-state index >= 15 is 0 Å². The molecular weight excluding hydrogens is 190 g/mol. The molecule has 1 atom stereocenters. The highest BCUT2D eigenvalue weighted by Gasteiger charge is 2.22. The van der Waals surface area contributed by atoms with Gasteiger partial charge in [0.15, 0.2) is 0 Å². The first-order chi connectivity index (χ1) is 7.07. The summed E-state index contributed by atoms with van der Waals surface area (Å²) in [5, 5.41) is 3.30. The molecule has 1 fully saturated rings. The van der Waals surface area contributed by atoms with Gasteiger partial charge in [-0.15, -0.1) is 0 Å². The van der Waals surface area contributed by atoms with E-state index in [4.69, 9.17) is 4.74 Å². The number of nitrogens with zero attached hydrogens (tertiary/aromatic N) is 1. The largest absolute Gasteiger partial charge is 0.368 e. The third-order valence-corrected chi connectivity index (χ3v) is 2.64. The zero-order valence-electron chi connectivity index (χ0n) is 9.63. The maximum Gasteiger partial charge on any atom is 0.136 e. The maximum atomic E-state index is 5.63. The lowest BCUT2D eigenvalue weighted by atomic mass is 9.93. The fourth-order valence-corrected chi connectivity index (χ4v) is 1.62. The van der Waals surface area contributed by atoms with Crippen molar-refractivity contribution >= 4 is 0 Å². The Kier molecular flexibility index (Phi) is 2.80. The fraction of sp³-hybridized carbons (Fsp3) is 0.727. The summed E-state index contributed by atoms with van der Waals surface area (Å²) < 4.78 is 5.63. The second kappa shape index (κ2) is 3.94. The molecule has 0 bridgehead atoms. The van der Waals surface area contributed by atoms with Gasteiger partial charge in [0.2, 0.25) is 0 Å². The second-order valence-corrected chi connectivity index (χ2v) is 5.00. The number of aromatic amines is 1. The number of morpholine rings is 1. The maximum absolute atomic E-state index is 5.63. The molecule has 0 spiro atoms. The number of nitrogens with one attached hydrogen (secondary N) is 2. The molecule has 1 aromatic heterocycles. The number of hydrogen-bond donors (Lipinski definition) is 2. The van der Waals surface area contributed by atoms with E-state index in [1.54, 1.807) is 0 Å². The summed E-state index contributed by atoms with van der Waals surface area (Å²) in [6, 6.07) is 0. The highest BCUT2D eigenvalue weighted by Crippen LogP contribution is 2.23. The lowest BCUT2D eigenvalue weighted by Gasteiger charge is -2.22. The van der Waals surface area contributed by atoms with Crippen LogP contribution < -0.4 is 5.32 Å². The molecule has 0 radical (unpaired) electrons. The molecule has 0 saturated carbocycles. The van der Waals surface area contributed by atoms with Crippen molar-refractivity contribution in [3.05, 3.63) is 17.7 Å². The molecule has 4 heteroatoms. The van der Waals surface area contributed by atoms with Crippen LogP contribution in [0, 0.1) is 0 Å². The summed E-state index contributed by atoms with van der Waals surface area (Å²) >= 11 is 0. The van der Waals surface area contributed by atoms with E-state index in [0.29, 0.717) is 0 Å². The van der Waals surface area contributed by atoms with E-state index in [1.807, 2.05) is 6.20 Å². The normalized spacial score (nSPS) is 23.0. The number of aromatic nitrogens is 2. The van der Waals surface area contributed by atoms with Crippen molar-refractivity contribution in [2.45, 2.75) is 32.3 Å². The highest BCUT2D eigenvalue weighted by molar-refractivity contribution is 5.12. The smallest absolute Gasteiger partial charge is 0.136 e. The van der Waals surface area contributed by atoms with Crippen LogP contribution in [0.3, 0.4) is 0 Å². The lowest BCUT2D eigenvalue weighted by Crippen LogP contribution is -2.33. The summed E-state index contributed by atoms with van der Waals surface area (Å²) in [6.45, 7) is 9.05. The third kappa shape index (κ3) is 2.38. The van der Waals surface area contributed by atoms with E-state index in [-0.39, 0.29) is 11.5 Å². The predicted molar refractivity (Wildman–Crippen MR) is 58.9 cm³/mol. The van der Waals surface area contributed by atoms with Crippen LogP contribution in [0.1, 0.15) is 38.4 Å². The van der Waals surface area contributed by atoms with Crippen molar-refractivity contribution in [3.8, 4) is 0 Å². The van der Waals surface area contributed by atoms with Gasteiger partial charge in [-0.25, -0.2) is 4.98 Å². The van der Waals surface area contributed by atoms with Crippen molar-refractivity contribution < 1.29 is 4.74 Å². The monoisotopic (exact) mass is 209 g/mol. The van der Waals surface area contributed by atoms with E-state index in [2.05, 4.69) is 36.1 Å². The van der Waals surface area contributed by atoms with Crippen molar-refractivity contribution in [2.75, 3.05) is 19.7 Å². The van der Waals surface area contributed by atoms with Crippen LogP contribution in [0.5, 0.6) is 0 Å². The molecule has 2 rings (SSSR count). The van der Waals surface area contributed by atoms with Gasteiger partial charge in [-0.1, -0.05) is 20.8 Å². The zero-order valence-corrected chi connectivity index (χ0v) is 9.63. The average Bonchev–Trinajstić information content (AvgIpc) is 2.67. The minimum absolute atomic E-state index is 0.0786. The Balaban J connectivity index is 2.12. The highest BCUT2D eigenvalue weighted by atomic mass is 16.5. The van der Waals surface area contributed by atoms with E-state index in [9.17, 15) is 0 Å². The van der Waals surface area contributed by atoms with Crippen LogP contribution in [-0.2, 0) is 10.2 Å². The Morgan fingerprint density at radius 2 is 2.27 bits per heavy atom. The number of ether oxygens (including phenoxy) is 1. The van der Waals surface area contributed by atoms with E-state index in [1.165, 1.54) is 0 Å². The SMILES string of the molecule is CC(C)(C)c1cnc([C@@H]2CNCCO2)[nH]1. The van der Waals surface area contributed by atoms with Gasteiger partial charge in [-0.05, 0) is 0 Å². The minimum atomic E-state index is 0.0786. The van der Waals surface area contributed by atoms with Gasteiger partial charge >= 0.3 is 0 Å². The van der Waals surface area contributed by atoms with Gasteiger partial charge < -0.3 is 15.0 Å². The molecule has 2 N–H and O–H groups in total. The predicted octanol–water partition coefficient (Wildman–Crippen LogP) is 1.37. The van der Waals surface area contributed by atoms with Crippen molar-refractivity contribution in [1.82, 2.24) is 15.3 Å². The quantitative estimate of drug-likeness (QED) is 0.734. The van der Waals surface area contributed by atoms with Crippen LogP contribution >= 0.6 is 0 Å². The van der Waals surface area contributed by atoms with Crippen LogP contribution in [0.15, 0.2) is 6.20 Å². The average molecular weight is 209 g/mol. The molecule has 1 aromatic rings. The molecule has 0 amide bonds. The number of imidazole rings is 1. The first kappa shape index (κ1) is 10.6. The Labute approximate surface area is 90.4 Å². The molecular formula is C11H19N3O. The molecule has 0 aliphatic carbocycles. The van der Waals surface area contributed by atoms with Gasteiger partial charge in [0.1, 0.15) is 11.9 Å². The number of hydrogen-bond acceptors (Lipinski definition) is 3. The molecule has 2 heterocycles. The summed E-state index contributed by atoms with van der Waals surface area (Å²) in [5.74, 6) is 0.937. The number of H-pyrrole nitrogens is 1. The zero-order chi connectivity index (χ0) is 10.9. The third-order valence-electron chi connectivity index (χ3n) is 2.64. The van der Waals surface area contributed by atoms with Gasteiger partial charge in [0.05, 0.1) is 6.61 Å². The van der Waals surface area contributed by atoms with Crippen LogP contribution in [-0.4, -0.2) is 29.7 Å². The minimum Gasteiger partial charge on any atom is -0.368 e. The molecule has 15 heavy (non-hydrogen) atoms. The van der Waals surface area contributed by atoms with Gasteiger partial charge in [-0.3, -0.25) is 0 Å². The first-order valence-corrected chi connectivity index (χ1v) is 5.45. The molecule has 84 valence electrons. The summed E-state index contributed by atoms with van der Waals surface area (Å²) in [5.41, 5.74) is 1.28. The van der Waals surface area contributed by atoms with Crippen molar-refractivity contribution in [1.29, 1.82) is 0 Å². The van der Waals surface area contributed by atoms with Crippen molar-refractivity contribution in [3.63, 3.8) is 0 Å². The molecule has 1 aliphatic heterocycles. The summed E-state index contributed by atoms with van der Waals surface area (Å²) in [6.07, 6.45) is 1.99. The molecule has 1 aliphatic rings. The van der Waals surface area contributed by atoms with Crippen LogP contribution in [0.25, 0.3) is 0 Å². The molecule has 1 saturated heterocycles. The van der Waals surface area contributed by atoms with Gasteiger partial charge in [0, 0.05) is 30.4 Å². The second-order valence-electron chi connectivity index (χ2n) is 5.00. The topological polar surface area (TPSA) is 49.9 Å². The summed E-state index contributed by atoms with van der Waals surface area (Å²) in [7, 11) is 0. The van der Waals surface area contributed by atoms with Crippen molar-refractivity contribution in [2.24, 2.45) is 0 Å². The molecule has 4 nitrogen and oxygen atoms in total. The fourth-order valence-electron chi connectivity index (χ4n) is 1.62. The van der Waals surface area contributed by atoms with Crippen LogP contribution in [0.4, 0.5) is 0 Å². The lowest BCUT2D eigenvalue weighted by molar-refractivity contribution is 0.0225. The molecule has 0 aromatic carbocycles. The number of rotatable bonds is 1. The Bertz CT molecular complexity index is 321. The first-order valence-electron chi connectivity index (χ1n) is 5.45. The molecule has 0 unspecified atom stereocenters. The van der Waals surface area contributed by atoms with Gasteiger partial charge in [0.25, 0.3) is 0 Å². The van der Waals surface area contributed by atoms with Crippen LogP contribution in [0.2, 0.25) is 0 Å². The Morgan fingerprint density at radius 1 is 1.47 bits per heavy atom. The Morgan fingerprint density at radius 3 is 2.80 bits per heavy atom. The van der Waals surface area contributed by atoms with E-state index in [0.717, 1.165) is 31.2 Å².